The quantitative estimate of drug-likeness (QED) is 0.387. The SMILES string of the molecule is CCOC(=O)c1cnc2c(F)cc(F)c(Br)c2c1NN. The van der Waals surface area contributed by atoms with Crippen LogP contribution >= 0.6 is 15.9 Å². The van der Waals surface area contributed by atoms with Crippen LogP contribution in [-0.4, -0.2) is 17.6 Å². The number of ether oxygens (including phenoxy) is 1. The molecule has 0 saturated heterocycles. The van der Waals surface area contributed by atoms with Crippen molar-refractivity contribution < 1.29 is 18.3 Å². The molecule has 20 heavy (non-hydrogen) atoms. The molecule has 2 rings (SSSR count). The number of nitrogens with zero attached hydrogens (tertiary/aromatic N) is 1. The van der Waals surface area contributed by atoms with Crippen molar-refractivity contribution in [2.24, 2.45) is 5.84 Å². The summed E-state index contributed by atoms with van der Waals surface area (Å²) in [6.45, 7) is 1.79. The molecule has 0 unspecified atom stereocenters. The van der Waals surface area contributed by atoms with E-state index in [9.17, 15) is 13.6 Å². The molecule has 0 radical (unpaired) electrons. The fraction of sp³-hybridized carbons (Fsp3) is 0.167. The van der Waals surface area contributed by atoms with E-state index in [0.29, 0.717) is 6.07 Å². The van der Waals surface area contributed by atoms with E-state index in [-0.39, 0.29) is 33.2 Å². The zero-order chi connectivity index (χ0) is 14.9. The van der Waals surface area contributed by atoms with Gasteiger partial charge in [-0.1, -0.05) is 0 Å². The molecule has 1 aromatic carbocycles. The highest BCUT2D eigenvalue weighted by atomic mass is 79.9. The predicted octanol–water partition coefficient (Wildman–Crippen LogP) is 2.74. The van der Waals surface area contributed by atoms with Gasteiger partial charge < -0.3 is 10.2 Å². The third-order valence-electron chi connectivity index (χ3n) is 2.63. The van der Waals surface area contributed by atoms with E-state index < -0.39 is 17.6 Å². The first-order chi connectivity index (χ1) is 9.51. The molecule has 3 N–H and O–H groups in total. The Morgan fingerprint density at radius 3 is 2.80 bits per heavy atom. The Hall–Kier alpha value is -1.80. The van der Waals surface area contributed by atoms with Crippen LogP contribution in [0.5, 0.6) is 0 Å². The smallest absolute Gasteiger partial charge is 0.341 e. The maximum atomic E-state index is 13.7. The number of nitrogens with one attached hydrogen (secondary N) is 1. The van der Waals surface area contributed by atoms with E-state index in [1.54, 1.807) is 6.92 Å². The Morgan fingerprint density at radius 1 is 1.50 bits per heavy atom. The summed E-state index contributed by atoms with van der Waals surface area (Å²) in [5.41, 5.74) is 2.19. The van der Waals surface area contributed by atoms with E-state index in [0.717, 1.165) is 6.20 Å². The topological polar surface area (TPSA) is 77.2 Å². The number of hydrogen-bond donors (Lipinski definition) is 2. The third-order valence-corrected chi connectivity index (χ3v) is 3.40. The normalized spacial score (nSPS) is 10.7. The molecule has 1 aromatic heterocycles. The molecule has 0 fully saturated rings. The van der Waals surface area contributed by atoms with Crippen LogP contribution < -0.4 is 11.3 Å². The molecule has 0 spiro atoms. The third kappa shape index (κ3) is 2.32. The zero-order valence-electron chi connectivity index (χ0n) is 10.3. The molecule has 5 nitrogen and oxygen atoms in total. The Kier molecular flexibility index (Phi) is 4.15. The second kappa shape index (κ2) is 5.68. The van der Waals surface area contributed by atoms with Gasteiger partial charge in [0.1, 0.15) is 16.9 Å². The second-order valence-corrected chi connectivity index (χ2v) is 4.58. The lowest BCUT2D eigenvalue weighted by Crippen LogP contribution is -2.15. The highest BCUT2D eigenvalue weighted by Crippen LogP contribution is 2.35. The number of carbonyl (C=O) groups excluding carboxylic acids is 1. The second-order valence-electron chi connectivity index (χ2n) is 3.79. The van der Waals surface area contributed by atoms with Gasteiger partial charge in [0, 0.05) is 17.6 Å². The van der Waals surface area contributed by atoms with Crippen molar-refractivity contribution in [3.63, 3.8) is 0 Å². The maximum absolute atomic E-state index is 13.7. The number of fused-ring (bicyclic) bond motifs is 1. The Bertz CT molecular complexity index is 694. The predicted molar refractivity (Wildman–Crippen MR) is 73.1 cm³/mol. The molecule has 0 bridgehead atoms. The molecule has 0 atom stereocenters. The summed E-state index contributed by atoms with van der Waals surface area (Å²) < 4.78 is 32.1. The first-order valence-corrected chi connectivity index (χ1v) is 6.40. The van der Waals surface area contributed by atoms with Gasteiger partial charge in [-0.2, -0.15) is 0 Å². The van der Waals surface area contributed by atoms with Crippen LogP contribution in [0.15, 0.2) is 16.7 Å². The van der Waals surface area contributed by atoms with Crippen LogP contribution in [0.1, 0.15) is 17.3 Å². The van der Waals surface area contributed by atoms with Gasteiger partial charge in [0.2, 0.25) is 0 Å². The van der Waals surface area contributed by atoms with Crippen molar-refractivity contribution in [1.29, 1.82) is 0 Å². The Labute approximate surface area is 121 Å². The summed E-state index contributed by atoms with van der Waals surface area (Å²) in [6, 6.07) is 0.698. The van der Waals surface area contributed by atoms with Crippen molar-refractivity contribution in [2.75, 3.05) is 12.0 Å². The summed E-state index contributed by atoms with van der Waals surface area (Å²) in [4.78, 5) is 15.6. The van der Waals surface area contributed by atoms with E-state index in [4.69, 9.17) is 10.6 Å². The van der Waals surface area contributed by atoms with Gasteiger partial charge in [-0.15, -0.1) is 0 Å². The van der Waals surface area contributed by atoms with Crippen LogP contribution in [0.2, 0.25) is 0 Å². The number of rotatable bonds is 3. The number of carbonyl (C=O) groups is 1. The summed E-state index contributed by atoms with van der Waals surface area (Å²) in [6.07, 6.45) is 1.13. The summed E-state index contributed by atoms with van der Waals surface area (Å²) in [5, 5.41) is 0.0375. The molecule has 106 valence electrons. The molecular weight excluding hydrogens is 336 g/mol. The van der Waals surface area contributed by atoms with Gasteiger partial charge >= 0.3 is 5.97 Å². The van der Waals surface area contributed by atoms with Crippen molar-refractivity contribution >= 4 is 38.5 Å². The lowest BCUT2D eigenvalue weighted by atomic mass is 10.1. The zero-order valence-corrected chi connectivity index (χ0v) is 11.9. The molecule has 0 aliphatic heterocycles. The molecule has 8 heteroatoms. The largest absolute Gasteiger partial charge is 0.462 e. The first kappa shape index (κ1) is 14.6. The Morgan fingerprint density at radius 2 is 2.20 bits per heavy atom. The summed E-state index contributed by atoms with van der Waals surface area (Å²) in [7, 11) is 0. The Balaban J connectivity index is 2.82. The minimum atomic E-state index is -0.854. The summed E-state index contributed by atoms with van der Waals surface area (Å²) >= 11 is 3.00. The van der Waals surface area contributed by atoms with Crippen LogP contribution in [0.4, 0.5) is 14.5 Å². The van der Waals surface area contributed by atoms with Gasteiger partial charge in [0.25, 0.3) is 0 Å². The fourth-order valence-corrected chi connectivity index (χ4v) is 2.28. The first-order valence-electron chi connectivity index (χ1n) is 5.61. The number of hydrazine groups is 1. The highest BCUT2D eigenvalue weighted by molar-refractivity contribution is 9.10. The van der Waals surface area contributed by atoms with Crippen molar-refractivity contribution in [3.8, 4) is 0 Å². The van der Waals surface area contributed by atoms with Crippen LogP contribution in [-0.2, 0) is 4.74 Å². The molecule has 0 aliphatic rings. The standard InChI is InChI=1S/C12H10BrF2N3O2/c1-2-20-12(19)5-4-17-11-7(15)3-6(14)9(13)8(11)10(5)18-16/h3-4H,2,16H2,1H3,(H,17,18). The van der Waals surface area contributed by atoms with E-state index in [1.807, 2.05) is 0 Å². The number of halogens is 3. The highest BCUT2D eigenvalue weighted by Gasteiger charge is 2.21. The molecular formula is C12H10BrF2N3O2. The molecule has 0 amide bonds. The molecule has 1 heterocycles. The van der Waals surface area contributed by atoms with Gasteiger partial charge in [-0.25, -0.2) is 13.6 Å². The van der Waals surface area contributed by atoms with Crippen LogP contribution in [0.3, 0.4) is 0 Å². The number of pyridine rings is 1. The van der Waals surface area contributed by atoms with Gasteiger partial charge in [-0.05, 0) is 22.9 Å². The minimum Gasteiger partial charge on any atom is -0.462 e. The lowest BCUT2D eigenvalue weighted by molar-refractivity contribution is 0.0527. The number of aromatic nitrogens is 1. The van der Waals surface area contributed by atoms with E-state index in [2.05, 4.69) is 26.3 Å². The monoisotopic (exact) mass is 345 g/mol. The molecule has 0 saturated carbocycles. The van der Waals surface area contributed by atoms with Crippen molar-refractivity contribution in [1.82, 2.24) is 4.98 Å². The number of esters is 1. The molecule has 2 aromatic rings. The van der Waals surface area contributed by atoms with Crippen LogP contribution in [0, 0.1) is 11.6 Å². The van der Waals surface area contributed by atoms with E-state index >= 15 is 0 Å². The average molecular weight is 346 g/mol. The average Bonchev–Trinajstić information content (AvgIpc) is 2.43. The van der Waals surface area contributed by atoms with Crippen molar-refractivity contribution in [2.45, 2.75) is 6.92 Å². The number of benzene rings is 1. The van der Waals surface area contributed by atoms with E-state index in [1.165, 1.54) is 0 Å². The van der Waals surface area contributed by atoms with Crippen molar-refractivity contribution in [3.05, 3.63) is 33.9 Å². The molecule has 0 aliphatic carbocycles. The number of nitrogens with two attached hydrogens (primary N) is 1. The minimum absolute atomic E-state index is 0.00690. The summed E-state index contributed by atoms with van der Waals surface area (Å²) in [5.74, 6) is 3.00. The van der Waals surface area contributed by atoms with Gasteiger partial charge in [0.05, 0.1) is 16.8 Å². The maximum Gasteiger partial charge on any atom is 0.341 e. The number of hydrogen-bond acceptors (Lipinski definition) is 5. The number of nitrogen functional groups attached to an aromatic ring is 1. The van der Waals surface area contributed by atoms with Gasteiger partial charge in [-0.3, -0.25) is 10.8 Å². The lowest BCUT2D eigenvalue weighted by Gasteiger charge is -2.13. The van der Waals surface area contributed by atoms with Crippen LogP contribution in [0.25, 0.3) is 10.9 Å². The van der Waals surface area contributed by atoms with Gasteiger partial charge in [0.15, 0.2) is 5.82 Å². The number of anilines is 1. The fourth-order valence-electron chi connectivity index (χ4n) is 1.78.